The molecule has 0 bridgehead atoms. The fourth-order valence-electron chi connectivity index (χ4n) is 6.56. The molecule has 4 aromatic carbocycles. The maximum Gasteiger partial charge on any atom is 0.408 e. The number of carbonyl (C=O) groups is 7. The van der Waals surface area contributed by atoms with Crippen LogP contribution in [-0.4, -0.2) is 72.2 Å². The van der Waals surface area contributed by atoms with Gasteiger partial charge in [-0.3, -0.25) is 9.59 Å². The van der Waals surface area contributed by atoms with Gasteiger partial charge in [0, 0.05) is 6.42 Å². The smallest absolute Gasteiger partial charge is 0.408 e. The highest BCUT2D eigenvalue weighted by Gasteiger charge is 2.33. The Bertz CT molecular complexity index is 2140. The first-order valence-corrected chi connectivity index (χ1v) is 22.6. The van der Waals surface area contributed by atoms with Crippen LogP contribution in [0.3, 0.4) is 0 Å². The maximum atomic E-state index is 13.9. The first kappa shape index (κ1) is 52.4. The van der Waals surface area contributed by atoms with Crippen LogP contribution >= 0.6 is 0 Å². The Morgan fingerprint density at radius 1 is 0.463 bits per heavy atom. The molecule has 0 radical (unpaired) electrons. The van der Waals surface area contributed by atoms with Gasteiger partial charge in [-0.15, -0.1) is 0 Å². The minimum atomic E-state index is -1.41. The molecule has 4 amide bonds. The van der Waals surface area contributed by atoms with E-state index in [9.17, 15) is 33.6 Å². The van der Waals surface area contributed by atoms with Gasteiger partial charge in [-0.05, 0) is 61.8 Å². The second kappa shape index (κ2) is 29.3. The Balaban J connectivity index is 1.48. The largest absolute Gasteiger partial charge is 0.459 e. The lowest BCUT2D eigenvalue weighted by Crippen LogP contribution is -2.54. The standard InChI is InChI=1S/C51H62N4O12/c1-4-5-6-19-31-44(56)55-45(49(60)65-34-40-25-15-9-16-26-40)37(3)67-51(62)53-42(46(57)52-36(2)47(58)63-32-38-21-11-7-12-22-38)29-20-30-43(48(59)64-33-39-23-13-8-14-24-39)54-50(61)66-35-41-27-17-10-18-28-41/h7-18,21-28,36-37,42-43,45H,4-6,19-20,29-35H2,1-3H3,(H,52,57)(H,53,62)(H,54,61)(H,55,56)/t36-,37?,42-,43?,45?/m1/s1. The number of hydrogen-bond acceptors (Lipinski definition) is 12. The number of esters is 3. The van der Waals surface area contributed by atoms with Crippen molar-refractivity contribution in [1.82, 2.24) is 21.3 Å². The van der Waals surface area contributed by atoms with Gasteiger partial charge in [0.1, 0.15) is 50.7 Å². The van der Waals surface area contributed by atoms with Crippen LogP contribution in [0.25, 0.3) is 0 Å². The molecular formula is C51H62N4O12. The number of carbonyl (C=O) groups excluding carboxylic acids is 7. The zero-order valence-electron chi connectivity index (χ0n) is 38.3. The van der Waals surface area contributed by atoms with Crippen LogP contribution in [-0.2, 0) is 74.1 Å². The molecule has 3 unspecified atom stereocenters. The van der Waals surface area contributed by atoms with Crippen LogP contribution in [0.2, 0.25) is 0 Å². The molecule has 4 N–H and O–H groups in total. The summed E-state index contributed by atoms with van der Waals surface area (Å²) in [5, 5.41) is 10.3. The molecule has 0 aromatic heterocycles. The summed E-state index contributed by atoms with van der Waals surface area (Å²) in [6.45, 7) is 4.58. The molecule has 67 heavy (non-hydrogen) atoms. The van der Waals surface area contributed by atoms with Gasteiger partial charge in [-0.2, -0.15) is 0 Å². The van der Waals surface area contributed by atoms with Crippen molar-refractivity contribution in [3.05, 3.63) is 144 Å². The first-order valence-electron chi connectivity index (χ1n) is 22.6. The van der Waals surface area contributed by atoms with E-state index in [1.54, 1.807) is 97.1 Å². The van der Waals surface area contributed by atoms with Crippen LogP contribution in [0.15, 0.2) is 121 Å². The molecule has 0 saturated carbocycles. The van der Waals surface area contributed by atoms with Crippen LogP contribution < -0.4 is 21.3 Å². The third kappa shape index (κ3) is 20.2. The lowest BCUT2D eigenvalue weighted by molar-refractivity contribution is -0.152. The molecule has 0 aliphatic carbocycles. The Morgan fingerprint density at radius 3 is 1.42 bits per heavy atom. The van der Waals surface area contributed by atoms with E-state index in [-0.39, 0.29) is 52.1 Å². The van der Waals surface area contributed by atoms with Gasteiger partial charge in [-0.25, -0.2) is 24.0 Å². The van der Waals surface area contributed by atoms with Crippen molar-refractivity contribution in [2.75, 3.05) is 0 Å². The average molecular weight is 923 g/mol. The topological polar surface area (TPSA) is 214 Å². The predicted octanol–water partition coefficient (Wildman–Crippen LogP) is 7.13. The minimum absolute atomic E-state index is 0.0351. The number of hydrogen-bond donors (Lipinski definition) is 4. The number of alkyl carbamates (subject to hydrolysis) is 2. The van der Waals surface area contributed by atoms with Crippen LogP contribution in [0.5, 0.6) is 0 Å². The molecule has 0 heterocycles. The van der Waals surface area contributed by atoms with E-state index in [2.05, 4.69) is 21.3 Å². The van der Waals surface area contributed by atoms with Gasteiger partial charge >= 0.3 is 30.1 Å². The van der Waals surface area contributed by atoms with Crippen molar-refractivity contribution >= 4 is 41.9 Å². The summed E-state index contributed by atoms with van der Waals surface area (Å²) in [6, 6.07) is 30.6. The Labute approximate surface area is 391 Å². The number of rotatable bonds is 27. The molecular weight excluding hydrogens is 861 g/mol. The predicted molar refractivity (Wildman–Crippen MR) is 247 cm³/mol. The summed E-state index contributed by atoms with van der Waals surface area (Å²) in [4.78, 5) is 93.3. The molecule has 4 rings (SSSR count). The Hall–Kier alpha value is -7.23. The lowest BCUT2D eigenvalue weighted by Gasteiger charge is -2.26. The quantitative estimate of drug-likeness (QED) is 0.0267. The van der Waals surface area contributed by atoms with E-state index in [1.165, 1.54) is 13.8 Å². The number of nitrogens with one attached hydrogen (secondary N) is 4. The van der Waals surface area contributed by atoms with E-state index in [0.717, 1.165) is 30.4 Å². The summed E-state index contributed by atoms with van der Waals surface area (Å²) in [6.07, 6.45) is -0.0269. The third-order valence-electron chi connectivity index (χ3n) is 10.4. The van der Waals surface area contributed by atoms with Crippen LogP contribution in [0.1, 0.15) is 94.4 Å². The molecule has 0 aliphatic heterocycles. The van der Waals surface area contributed by atoms with E-state index in [4.69, 9.17) is 23.7 Å². The molecule has 0 spiro atoms. The maximum absolute atomic E-state index is 13.9. The van der Waals surface area contributed by atoms with Crippen molar-refractivity contribution in [3.8, 4) is 0 Å². The zero-order valence-corrected chi connectivity index (χ0v) is 38.3. The molecule has 4 aromatic rings. The zero-order chi connectivity index (χ0) is 48.2. The number of unbranched alkanes of at least 4 members (excludes halogenated alkanes) is 3. The number of benzene rings is 4. The highest BCUT2D eigenvalue weighted by Crippen LogP contribution is 2.13. The fraction of sp³-hybridized carbons (Fsp3) is 0.392. The van der Waals surface area contributed by atoms with Crippen molar-refractivity contribution in [2.45, 2.75) is 129 Å². The van der Waals surface area contributed by atoms with Crippen LogP contribution in [0.4, 0.5) is 9.59 Å². The van der Waals surface area contributed by atoms with E-state index < -0.39 is 72.2 Å². The second-order valence-electron chi connectivity index (χ2n) is 15.9. The van der Waals surface area contributed by atoms with Crippen molar-refractivity contribution in [2.24, 2.45) is 0 Å². The highest BCUT2D eigenvalue weighted by molar-refractivity contribution is 5.90. The van der Waals surface area contributed by atoms with Crippen molar-refractivity contribution < 1.29 is 57.2 Å². The van der Waals surface area contributed by atoms with Crippen molar-refractivity contribution in [1.29, 1.82) is 0 Å². The lowest BCUT2D eigenvalue weighted by atomic mass is 10.0. The van der Waals surface area contributed by atoms with Gasteiger partial charge in [0.25, 0.3) is 0 Å². The second-order valence-corrected chi connectivity index (χ2v) is 15.9. The molecule has 16 nitrogen and oxygen atoms in total. The SMILES string of the molecule is CCCCCCC(=O)NC(C(=O)OCc1ccccc1)C(C)OC(=O)N[C@H](CCCC(NC(=O)OCc1ccccc1)C(=O)OCc1ccccc1)C(=O)N[C@H](C)C(=O)OCc1ccccc1. The normalized spacial score (nSPS) is 12.9. The molecule has 5 atom stereocenters. The van der Waals surface area contributed by atoms with Gasteiger partial charge in [0.15, 0.2) is 6.04 Å². The molecule has 16 heteroatoms. The first-order chi connectivity index (χ1) is 32.4. The van der Waals surface area contributed by atoms with Crippen LogP contribution in [0, 0.1) is 0 Å². The Morgan fingerprint density at radius 2 is 0.910 bits per heavy atom. The average Bonchev–Trinajstić information content (AvgIpc) is 3.34. The fourth-order valence-corrected chi connectivity index (χ4v) is 6.56. The third-order valence-corrected chi connectivity index (χ3v) is 10.4. The number of ether oxygens (including phenoxy) is 5. The number of amides is 4. The summed E-state index contributed by atoms with van der Waals surface area (Å²) in [5.74, 6) is -3.59. The summed E-state index contributed by atoms with van der Waals surface area (Å²) in [5.41, 5.74) is 2.87. The summed E-state index contributed by atoms with van der Waals surface area (Å²) in [7, 11) is 0. The monoisotopic (exact) mass is 922 g/mol. The van der Waals surface area contributed by atoms with Gasteiger partial charge in [0.2, 0.25) is 11.8 Å². The summed E-state index contributed by atoms with van der Waals surface area (Å²) >= 11 is 0. The molecule has 0 aliphatic rings. The van der Waals surface area contributed by atoms with E-state index in [1.807, 2.05) is 31.2 Å². The van der Waals surface area contributed by atoms with Gasteiger partial charge in [-0.1, -0.05) is 148 Å². The van der Waals surface area contributed by atoms with Gasteiger partial charge in [0.05, 0.1) is 0 Å². The van der Waals surface area contributed by atoms with Crippen molar-refractivity contribution in [3.63, 3.8) is 0 Å². The van der Waals surface area contributed by atoms with Gasteiger partial charge < -0.3 is 45.0 Å². The molecule has 358 valence electrons. The highest BCUT2D eigenvalue weighted by atomic mass is 16.6. The van der Waals surface area contributed by atoms with E-state index >= 15 is 0 Å². The molecule has 0 fully saturated rings. The summed E-state index contributed by atoms with van der Waals surface area (Å²) < 4.78 is 27.5. The molecule has 0 saturated heterocycles. The van der Waals surface area contributed by atoms with E-state index in [0.29, 0.717) is 17.5 Å². The minimum Gasteiger partial charge on any atom is -0.459 e. The Kier molecular flexibility index (Phi) is 22.9.